The Hall–Kier alpha value is -1.75. The molecule has 1 aromatic carbocycles. The first kappa shape index (κ1) is 14.8. The average molecular weight is 316 g/mol. The summed E-state index contributed by atoms with van der Waals surface area (Å²) in [6.07, 6.45) is 7.85. The van der Waals surface area contributed by atoms with Gasteiger partial charge in [0.1, 0.15) is 0 Å². The molecule has 0 unspecified atom stereocenters. The number of nitrogens with zero attached hydrogens (tertiary/aromatic N) is 1. The van der Waals surface area contributed by atoms with Gasteiger partial charge in [-0.05, 0) is 50.9 Å². The normalized spacial score (nSPS) is 22.4. The SMILES string of the molecule is O=C(CN1CCCCC1)Nc1ccc2c(c1)OC1(CCCC1)O2. The van der Waals surface area contributed by atoms with Gasteiger partial charge in [-0.3, -0.25) is 9.69 Å². The van der Waals surface area contributed by atoms with Gasteiger partial charge in [-0.25, -0.2) is 0 Å². The molecule has 1 spiro atoms. The average Bonchev–Trinajstić information content (AvgIpc) is 3.14. The first-order chi connectivity index (χ1) is 11.2. The van der Waals surface area contributed by atoms with Gasteiger partial charge >= 0.3 is 0 Å². The van der Waals surface area contributed by atoms with Crippen molar-refractivity contribution in [3.8, 4) is 11.5 Å². The Bertz CT molecular complexity index is 590. The van der Waals surface area contributed by atoms with E-state index < -0.39 is 5.79 Å². The number of rotatable bonds is 3. The lowest BCUT2D eigenvalue weighted by Crippen LogP contribution is -2.36. The molecule has 1 saturated carbocycles. The van der Waals surface area contributed by atoms with Gasteiger partial charge in [-0.1, -0.05) is 6.42 Å². The van der Waals surface area contributed by atoms with Gasteiger partial charge in [0.2, 0.25) is 5.91 Å². The summed E-state index contributed by atoms with van der Waals surface area (Å²) < 4.78 is 12.0. The number of piperidine rings is 1. The highest BCUT2D eigenvalue weighted by atomic mass is 16.7. The number of fused-ring (bicyclic) bond motifs is 1. The van der Waals surface area contributed by atoms with E-state index in [1.807, 2.05) is 18.2 Å². The molecule has 2 heterocycles. The quantitative estimate of drug-likeness (QED) is 0.930. The van der Waals surface area contributed by atoms with Crippen LogP contribution in [0.4, 0.5) is 5.69 Å². The predicted molar refractivity (Wildman–Crippen MR) is 87.8 cm³/mol. The minimum absolute atomic E-state index is 0.0429. The molecule has 2 fully saturated rings. The number of likely N-dealkylation sites (tertiary alicyclic amines) is 1. The van der Waals surface area contributed by atoms with Gasteiger partial charge in [-0.2, -0.15) is 0 Å². The number of benzene rings is 1. The molecule has 5 nitrogen and oxygen atoms in total. The monoisotopic (exact) mass is 316 g/mol. The summed E-state index contributed by atoms with van der Waals surface area (Å²) in [5.41, 5.74) is 0.782. The third kappa shape index (κ3) is 3.15. The fourth-order valence-corrected chi connectivity index (χ4v) is 3.81. The van der Waals surface area contributed by atoms with E-state index in [1.165, 1.54) is 19.3 Å². The molecule has 2 aliphatic heterocycles. The molecule has 0 atom stereocenters. The Labute approximate surface area is 136 Å². The summed E-state index contributed by atoms with van der Waals surface area (Å²) in [7, 11) is 0. The summed E-state index contributed by atoms with van der Waals surface area (Å²) in [4.78, 5) is 14.4. The van der Waals surface area contributed by atoms with Gasteiger partial charge in [0.15, 0.2) is 11.5 Å². The largest absolute Gasteiger partial charge is 0.448 e. The molecule has 1 N–H and O–H groups in total. The van der Waals surface area contributed by atoms with E-state index in [9.17, 15) is 4.79 Å². The van der Waals surface area contributed by atoms with Crippen LogP contribution in [0.2, 0.25) is 0 Å². The summed E-state index contributed by atoms with van der Waals surface area (Å²) in [5.74, 6) is 1.14. The van der Waals surface area contributed by atoms with Crippen molar-refractivity contribution in [2.24, 2.45) is 0 Å². The Kier molecular flexibility index (Phi) is 3.89. The topological polar surface area (TPSA) is 50.8 Å². The number of carbonyl (C=O) groups excluding carboxylic acids is 1. The van der Waals surface area contributed by atoms with Crippen LogP contribution in [0.25, 0.3) is 0 Å². The van der Waals surface area contributed by atoms with Crippen LogP contribution in [0, 0.1) is 0 Å². The third-order valence-electron chi connectivity index (χ3n) is 5.00. The highest BCUT2D eigenvalue weighted by Crippen LogP contribution is 2.47. The number of ether oxygens (including phenoxy) is 2. The third-order valence-corrected chi connectivity index (χ3v) is 5.00. The molecular weight excluding hydrogens is 292 g/mol. The van der Waals surface area contributed by atoms with Crippen LogP contribution in [-0.2, 0) is 4.79 Å². The molecule has 1 aromatic rings. The minimum Gasteiger partial charge on any atom is -0.448 e. The van der Waals surface area contributed by atoms with Crippen molar-refractivity contribution in [3.63, 3.8) is 0 Å². The molecule has 4 rings (SSSR count). The van der Waals surface area contributed by atoms with Crippen molar-refractivity contribution < 1.29 is 14.3 Å². The second-order valence-electron chi connectivity index (χ2n) is 6.87. The maximum absolute atomic E-state index is 12.2. The molecule has 3 aliphatic rings. The van der Waals surface area contributed by atoms with E-state index >= 15 is 0 Å². The number of carbonyl (C=O) groups is 1. The van der Waals surface area contributed by atoms with Gasteiger partial charge < -0.3 is 14.8 Å². The van der Waals surface area contributed by atoms with Gasteiger partial charge in [0.25, 0.3) is 5.79 Å². The number of hydrogen-bond acceptors (Lipinski definition) is 4. The van der Waals surface area contributed by atoms with Crippen molar-refractivity contribution in [2.75, 3.05) is 25.0 Å². The van der Waals surface area contributed by atoms with Crippen LogP contribution in [-0.4, -0.2) is 36.2 Å². The summed E-state index contributed by atoms with van der Waals surface area (Å²) in [6, 6.07) is 5.68. The van der Waals surface area contributed by atoms with Crippen LogP contribution in [0.15, 0.2) is 18.2 Å². The van der Waals surface area contributed by atoms with E-state index in [1.54, 1.807) is 0 Å². The van der Waals surface area contributed by atoms with Crippen molar-refractivity contribution in [1.29, 1.82) is 0 Å². The Morgan fingerprint density at radius 1 is 1.04 bits per heavy atom. The molecule has 1 aliphatic carbocycles. The van der Waals surface area contributed by atoms with Gasteiger partial charge in [0.05, 0.1) is 6.54 Å². The number of amides is 1. The second kappa shape index (κ2) is 6.04. The number of hydrogen-bond donors (Lipinski definition) is 1. The van der Waals surface area contributed by atoms with Crippen LogP contribution in [0.1, 0.15) is 44.9 Å². The fraction of sp³-hybridized carbons (Fsp3) is 0.611. The van der Waals surface area contributed by atoms with E-state index in [0.29, 0.717) is 6.54 Å². The summed E-state index contributed by atoms with van der Waals surface area (Å²) >= 11 is 0. The van der Waals surface area contributed by atoms with Crippen molar-refractivity contribution in [2.45, 2.75) is 50.7 Å². The highest BCUT2D eigenvalue weighted by Gasteiger charge is 2.44. The second-order valence-corrected chi connectivity index (χ2v) is 6.87. The Balaban J connectivity index is 1.38. The lowest BCUT2D eigenvalue weighted by Gasteiger charge is -2.25. The standard InChI is InChI=1S/C18H24N2O3/c21-17(13-20-10-4-1-5-11-20)19-14-6-7-15-16(12-14)23-18(22-15)8-2-3-9-18/h6-7,12H,1-5,8-11,13H2,(H,19,21). The number of nitrogens with one attached hydrogen (secondary N) is 1. The summed E-state index contributed by atoms with van der Waals surface area (Å²) in [5, 5.41) is 2.98. The Morgan fingerprint density at radius 3 is 2.57 bits per heavy atom. The zero-order valence-corrected chi connectivity index (χ0v) is 13.5. The molecule has 1 amide bonds. The van der Waals surface area contributed by atoms with Crippen LogP contribution >= 0.6 is 0 Å². The van der Waals surface area contributed by atoms with Crippen LogP contribution in [0.5, 0.6) is 11.5 Å². The van der Waals surface area contributed by atoms with Gasteiger partial charge in [-0.15, -0.1) is 0 Å². The van der Waals surface area contributed by atoms with Gasteiger partial charge in [0, 0.05) is 24.6 Å². The molecule has 0 aromatic heterocycles. The predicted octanol–water partition coefficient (Wildman–Crippen LogP) is 3.15. The molecule has 0 radical (unpaired) electrons. The van der Waals surface area contributed by atoms with E-state index in [2.05, 4.69) is 10.2 Å². The minimum atomic E-state index is -0.446. The van der Waals surface area contributed by atoms with Crippen molar-refractivity contribution in [3.05, 3.63) is 18.2 Å². The lowest BCUT2D eigenvalue weighted by molar-refractivity contribution is -0.117. The molecular formula is C18H24N2O3. The molecule has 0 bridgehead atoms. The fourth-order valence-electron chi connectivity index (χ4n) is 3.81. The maximum Gasteiger partial charge on any atom is 0.251 e. The molecule has 23 heavy (non-hydrogen) atoms. The molecule has 5 heteroatoms. The van der Waals surface area contributed by atoms with Crippen LogP contribution in [0.3, 0.4) is 0 Å². The highest BCUT2D eigenvalue weighted by molar-refractivity contribution is 5.92. The molecule has 1 saturated heterocycles. The lowest BCUT2D eigenvalue weighted by atomic mass is 10.1. The summed E-state index contributed by atoms with van der Waals surface area (Å²) in [6.45, 7) is 2.52. The van der Waals surface area contributed by atoms with E-state index in [-0.39, 0.29) is 5.91 Å². The molecule has 124 valence electrons. The first-order valence-electron chi connectivity index (χ1n) is 8.77. The van der Waals surface area contributed by atoms with E-state index in [0.717, 1.165) is 56.0 Å². The van der Waals surface area contributed by atoms with Crippen molar-refractivity contribution in [1.82, 2.24) is 4.90 Å². The zero-order valence-electron chi connectivity index (χ0n) is 13.5. The smallest absolute Gasteiger partial charge is 0.251 e. The number of anilines is 1. The maximum atomic E-state index is 12.2. The Morgan fingerprint density at radius 2 is 1.78 bits per heavy atom. The first-order valence-corrected chi connectivity index (χ1v) is 8.77. The van der Waals surface area contributed by atoms with E-state index in [4.69, 9.17) is 9.47 Å². The van der Waals surface area contributed by atoms with Crippen molar-refractivity contribution >= 4 is 11.6 Å². The zero-order chi connectivity index (χ0) is 15.7. The van der Waals surface area contributed by atoms with Crippen LogP contribution < -0.4 is 14.8 Å².